The zero-order chi connectivity index (χ0) is 16.4. The molecule has 1 N–H and O–H groups in total. The Morgan fingerprint density at radius 3 is 2.59 bits per heavy atom. The maximum absolute atomic E-state index is 12.3. The van der Waals surface area contributed by atoms with Crippen LogP contribution in [0.5, 0.6) is 0 Å². The van der Waals surface area contributed by atoms with Crippen LogP contribution in [-0.2, 0) is 14.6 Å². The number of carbonyl (C=O) groups excluding carboxylic acids is 1. The molecule has 2 heterocycles. The van der Waals surface area contributed by atoms with Gasteiger partial charge in [-0.3, -0.25) is 4.79 Å². The maximum Gasteiger partial charge on any atom is 0.253 e. The van der Waals surface area contributed by atoms with E-state index in [1.165, 1.54) is 18.3 Å². The Hall–Kier alpha value is -1.47. The molecule has 2 rings (SSSR count). The van der Waals surface area contributed by atoms with Crippen LogP contribution in [0, 0.1) is 0 Å². The molecule has 1 unspecified atom stereocenters. The third-order valence-electron chi connectivity index (χ3n) is 3.80. The summed E-state index contributed by atoms with van der Waals surface area (Å²) in [5, 5.41) is 2.90. The molecule has 6 nitrogen and oxygen atoms in total. The third-order valence-corrected chi connectivity index (χ3v) is 4.80. The van der Waals surface area contributed by atoms with Gasteiger partial charge in [0.05, 0.1) is 17.2 Å². The minimum absolute atomic E-state index is 0.0200. The number of nitrogens with zero attached hydrogens (tertiary/aromatic N) is 1. The first kappa shape index (κ1) is 16.9. The van der Waals surface area contributed by atoms with Gasteiger partial charge in [0.15, 0.2) is 14.9 Å². The molecule has 1 aliphatic rings. The summed E-state index contributed by atoms with van der Waals surface area (Å²) in [6, 6.07) is 2.81. The number of hydrogen-bond acceptors (Lipinski definition) is 5. The van der Waals surface area contributed by atoms with Crippen molar-refractivity contribution in [2.75, 3.05) is 12.9 Å². The van der Waals surface area contributed by atoms with E-state index in [1.807, 2.05) is 13.8 Å². The predicted molar refractivity (Wildman–Crippen MR) is 82.5 cm³/mol. The molecule has 0 bridgehead atoms. The molecule has 0 spiro atoms. The van der Waals surface area contributed by atoms with Gasteiger partial charge < -0.3 is 10.1 Å². The van der Waals surface area contributed by atoms with Crippen LogP contribution in [0.3, 0.4) is 0 Å². The monoisotopic (exact) mass is 326 g/mol. The van der Waals surface area contributed by atoms with E-state index in [1.54, 1.807) is 0 Å². The van der Waals surface area contributed by atoms with Crippen molar-refractivity contribution < 1.29 is 17.9 Å². The minimum atomic E-state index is -3.36. The molecular weight excluding hydrogens is 304 g/mol. The van der Waals surface area contributed by atoms with E-state index >= 15 is 0 Å². The quantitative estimate of drug-likeness (QED) is 0.907. The second kappa shape index (κ2) is 6.34. The first-order valence-electron chi connectivity index (χ1n) is 7.30. The van der Waals surface area contributed by atoms with Crippen molar-refractivity contribution in [2.24, 2.45) is 0 Å². The fraction of sp³-hybridized carbons (Fsp3) is 0.600. The van der Waals surface area contributed by atoms with Gasteiger partial charge >= 0.3 is 0 Å². The number of amides is 1. The van der Waals surface area contributed by atoms with Crippen LogP contribution >= 0.6 is 0 Å². The topological polar surface area (TPSA) is 85.4 Å². The van der Waals surface area contributed by atoms with Crippen LogP contribution in [0.1, 0.15) is 43.5 Å². The molecule has 0 aliphatic carbocycles. The number of pyridine rings is 1. The lowest BCUT2D eigenvalue weighted by molar-refractivity contribution is -0.0318. The second-order valence-corrected chi connectivity index (χ2v) is 8.15. The Kier molecular flexibility index (Phi) is 4.87. The van der Waals surface area contributed by atoms with Crippen LogP contribution in [0.4, 0.5) is 0 Å². The summed E-state index contributed by atoms with van der Waals surface area (Å²) in [6.45, 7) is 4.58. The Morgan fingerprint density at radius 2 is 2.09 bits per heavy atom. The van der Waals surface area contributed by atoms with Crippen molar-refractivity contribution in [3.63, 3.8) is 0 Å². The molecule has 1 saturated heterocycles. The highest BCUT2D eigenvalue weighted by atomic mass is 32.2. The maximum atomic E-state index is 12.3. The smallest absolute Gasteiger partial charge is 0.253 e. The van der Waals surface area contributed by atoms with E-state index in [2.05, 4.69) is 10.3 Å². The summed E-state index contributed by atoms with van der Waals surface area (Å²) < 4.78 is 28.5. The summed E-state index contributed by atoms with van der Waals surface area (Å²) in [4.78, 5) is 16.1. The Balaban J connectivity index is 2.08. The number of carbonyl (C=O) groups is 1. The van der Waals surface area contributed by atoms with Gasteiger partial charge in [0, 0.05) is 19.1 Å². The number of rotatable bonds is 4. The van der Waals surface area contributed by atoms with Crippen molar-refractivity contribution in [3.8, 4) is 0 Å². The largest absolute Gasteiger partial charge is 0.376 e. The van der Waals surface area contributed by atoms with E-state index in [0.29, 0.717) is 12.2 Å². The lowest BCUT2D eigenvalue weighted by atomic mass is 9.91. The highest BCUT2D eigenvalue weighted by Crippen LogP contribution is 2.23. The first-order valence-corrected chi connectivity index (χ1v) is 9.19. The van der Waals surface area contributed by atoms with E-state index in [0.717, 1.165) is 25.5 Å². The fourth-order valence-electron chi connectivity index (χ4n) is 2.49. The molecule has 0 saturated carbocycles. The average Bonchev–Trinajstić information content (AvgIpc) is 2.47. The predicted octanol–water partition coefficient (Wildman–Crippen LogP) is 1.56. The van der Waals surface area contributed by atoms with E-state index < -0.39 is 15.4 Å². The van der Waals surface area contributed by atoms with E-state index in [9.17, 15) is 13.2 Å². The Bertz CT molecular complexity index is 632. The molecule has 0 aromatic carbocycles. The van der Waals surface area contributed by atoms with Gasteiger partial charge in [0.2, 0.25) is 0 Å². The van der Waals surface area contributed by atoms with Crippen molar-refractivity contribution in [2.45, 2.75) is 49.8 Å². The van der Waals surface area contributed by atoms with Crippen molar-refractivity contribution in [1.82, 2.24) is 10.3 Å². The first-order chi connectivity index (χ1) is 10.2. The normalized spacial score (nSPS) is 19.7. The highest BCUT2D eigenvalue weighted by Gasteiger charge is 2.33. The summed E-state index contributed by atoms with van der Waals surface area (Å²) in [5.41, 5.74) is -0.163. The van der Waals surface area contributed by atoms with Gasteiger partial charge in [-0.2, -0.15) is 0 Å². The summed E-state index contributed by atoms with van der Waals surface area (Å²) in [7, 11) is -3.36. The Morgan fingerprint density at radius 1 is 1.36 bits per heavy atom. The molecule has 1 amide bonds. The fourth-order valence-corrected chi connectivity index (χ4v) is 3.05. The molecule has 1 fully saturated rings. The second-order valence-electron chi connectivity index (χ2n) is 6.19. The summed E-state index contributed by atoms with van der Waals surface area (Å²) >= 11 is 0. The highest BCUT2D eigenvalue weighted by molar-refractivity contribution is 7.90. The molecule has 122 valence electrons. The third kappa shape index (κ3) is 4.04. The molecule has 1 atom stereocenters. The molecular formula is C15H22N2O4S. The summed E-state index contributed by atoms with van der Waals surface area (Å²) in [6.07, 6.45) is 5.40. The zero-order valence-electron chi connectivity index (χ0n) is 13.1. The standard InChI is InChI=1S/C15H22N2O4S/c1-15(2,12-6-4-5-9-21-12)17-14(18)11-7-8-13(16-10-11)22(3,19)20/h7-8,10,12H,4-6,9H2,1-3H3,(H,17,18). The number of ether oxygens (including phenoxy) is 1. The van der Waals surface area contributed by atoms with Crippen LogP contribution < -0.4 is 5.32 Å². The van der Waals surface area contributed by atoms with Crippen LogP contribution in [0.2, 0.25) is 0 Å². The van der Waals surface area contributed by atoms with Crippen LogP contribution in [0.15, 0.2) is 23.4 Å². The van der Waals surface area contributed by atoms with Gasteiger partial charge in [0.25, 0.3) is 5.91 Å². The minimum Gasteiger partial charge on any atom is -0.376 e. The zero-order valence-corrected chi connectivity index (χ0v) is 13.9. The van der Waals surface area contributed by atoms with E-state index in [-0.39, 0.29) is 17.0 Å². The lowest BCUT2D eigenvalue weighted by Gasteiger charge is -2.37. The molecule has 0 radical (unpaired) electrons. The van der Waals surface area contributed by atoms with Gasteiger partial charge in [-0.05, 0) is 45.2 Å². The van der Waals surface area contributed by atoms with Crippen LogP contribution in [0.25, 0.3) is 0 Å². The number of aromatic nitrogens is 1. The van der Waals surface area contributed by atoms with Gasteiger partial charge in [-0.1, -0.05) is 0 Å². The van der Waals surface area contributed by atoms with Crippen molar-refractivity contribution >= 4 is 15.7 Å². The molecule has 7 heteroatoms. The number of nitrogens with one attached hydrogen (secondary N) is 1. The van der Waals surface area contributed by atoms with Crippen molar-refractivity contribution in [3.05, 3.63) is 23.9 Å². The number of sulfone groups is 1. The summed E-state index contributed by atoms with van der Waals surface area (Å²) in [5.74, 6) is -0.285. The Labute approximate surface area is 131 Å². The SMILES string of the molecule is CC(C)(NC(=O)c1ccc(S(C)(=O)=O)nc1)C1CCCCO1. The van der Waals surface area contributed by atoms with Gasteiger partial charge in [0.1, 0.15) is 0 Å². The average molecular weight is 326 g/mol. The number of hydrogen-bond donors (Lipinski definition) is 1. The molecule has 1 aliphatic heterocycles. The van der Waals surface area contributed by atoms with Gasteiger partial charge in [-0.15, -0.1) is 0 Å². The van der Waals surface area contributed by atoms with Crippen molar-refractivity contribution in [1.29, 1.82) is 0 Å². The van der Waals surface area contributed by atoms with Gasteiger partial charge in [-0.25, -0.2) is 13.4 Å². The molecule has 1 aromatic heterocycles. The molecule has 1 aromatic rings. The van der Waals surface area contributed by atoms with Crippen LogP contribution in [-0.4, -0.2) is 43.8 Å². The lowest BCUT2D eigenvalue weighted by Crippen LogP contribution is -2.54. The molecule has 22 heavy (non-hydrogen) atoms. The van der Waals surface area contributed by atoms with E-state index in [4.69, 9.17) is 4.74 Å².